The highest BCUT2D eigenvalue weighted by atomic mass is 79.9. The van der Waals surface area contributed by atoms with Crippen LogP contribution in [0.3, 0.4) is 0 Å². The first-order valence-electron chi connectivity index (χ1n) is 6.13. The lowest BCUT2D eigenvalue weighted by Gasteiger charge is -2.21. The predicted octanol–water partition coefficient (Wildman–Crippen LogP) is 3.38. The minimum Gasteiger partial charge on any atom is -0.351 e. The SMILES string of the molecule is CC1CCCN(c2ncc(Br)cc2[N+](=O)[O-])CC1. The number of nitrogens with zero attached hydrogens (tertiary/aromatic N) is 3. The largest absolute Gasteiger partial charge is 0.351 e. The van der Waals surface area contributed by atoms with Gasteiger partial charge in [-0.3, -0.25) is 10.1 Å². The van der Waals surface area contributed by atoms with E-state index in [1.54, 1.807) is 6.20 Å². The minimum absolute atomic E-state index is 0.0823. The molecule has 1 fully saturated rings. The normalized spacial score (nSPS) is 20.6. The third-order valence-corrected chi connectivity index (χ3v) is 3.76. The molecule has 0 saturated carbocycles. The fourth-order valence-electron chi connectivity index (χ4n) is 2.27. The molecule has 0 spiro atoms. The van der Waals surface area contributed by atoms with E-state index in [0.717, 1.165) is 25.9 Å². The van der Waals surface area contributed by atoms with Crippen LogP contribution in [0.5, 0.6) is 0 Å². The second kappa shape index (κ2) is 5.65. The van der Waals surface area contributed by atoms with Crippen molar-refractivity contribution in [3.05, 3.63) is 26.9 Å². The zero-order valence-electron chi connectivity index (χ0n) is 10.3. The van der Waals surface area contributed by atoms with Crippen LogP contribution < -0.4 is 4.90 Å². The molecule has 0 amide bonds. The molecule has 1 aromatic heterocycles. The van der Waals surface area contributed by atoms with E-state index in [1.807, 2.05) is 4.90 Å². The molecule has 5 nitrogen and oxygen atoms in total. The van der Waals surface area contributed by atoms with Crippen LogP contribution in [0.4, 0.5) is 11.5 Å². The Labute approximate surface area is 114 Å². The number of halogens is 1. The lowest BCUT2D eigenvalue weighted by Crippen LogP contribution is -2.26. The van der Waals surface area contributed by atoms with E-state index in [9.17, 15) is 10.1 Å². The van der Waals surface area contributed by atoms with Crippen molar-refractivity contribution in [2.75, 3.05) is 18.0 Å². The zero-order chi connectivity index (χ0) is 13.1. The summed E-state index contributed by atoms with van der Waals surface area (Å²) in [6, 6.07) is 1.52. The lowest BCUT2D eigenvalue weighted by molar-refractivity contribution is -0.384. The average molecular weight is 314 g/mol. The van der Waals surface area contributed by atoms with Crippen molar-refractivity contribution in [1.29, 1.82) is 0 Å². The van der Waals surface area contributed by atoms with Gasteiger partial charge in [-0.1, -0.05) is 6.92 Å². The summed E-state index contributed by atoms with van der Waals surface area (Å²) < 4.78 is 0.640. The quantitative estimate of drug-likeness (QED) is 0.620. The number of hydrogen-bond donors (Lipinski definition) is 0. The van der Waals surface area contributed by atoms with Crippen LogP contribution in [0.25, 0.3) is 0 Å². The molecule has 0 aromatic carbocycles. The van der Waals surface area contributed by atoms with Crippen LogP contribution in [0.1, 0.15) is 26.2 Å². The Morgan fingerprint density at radius 3 is 3.00 bits per heavy atom. The molecule has 1 aromatic rings. The molecule has 98 valence electrons. The maximum Gasteiger partial charge on any atom is 0.312 e. The summed E-state index contributed by atoms with van der Waals surface area (Å²) in [6.07, 6.45) is 4.93. The van der Waals surface area contributed by atoms with E-state index >= 15 is 0 Å². The van der Waals surface area contributed by atoms with Crippen molar-refractivity contribution in [2.45, 2.75) is 26.2 Å². The first-order chi connectivity index (χ1) is 8.58. The molecule has 2 heterocycles. The topological polar surface area (TPSA) is 59.3 Å². The molecule has 0 bridgehead atoms. The van der Waals surface area contributed by atoms with Gasteiger partial charge in [0.15, 0.2) is 0 Å². The van der Waals surface area contributed by atoms with Gasteiger partial charge in [0, 0.05) is 29.8 Å². The van der Waals surface area contributed by atoms with E-state index in [4.69, 9.17) is 0 Å². The van der Waals surface area contributed by atoms with Crippen LogP contribution in [-0.2, 0) is 0 Å². The van der Waals surface area contributed by atoms with E-state index in [2.05, 4.69) is 27.8 Å². The molecule has 0 aliphatic carbocycles. The van der Waals surface area contributed by atoms with Gasteiger partial charge in [-0.25, -0.2) is 4.98 Å². The molecule has 2 rings (SSSR count). The summed E-state index contributed by atoms with van der Waals surface area (Å²) in [5, 5.41) is 11.1. The number of nitro groups is 1. The Hall–Kier alpha value is -1.17. The van der Waals surface area contributed by atoms with E-state index in [1.165, 1.54) is 12.5 Å². The van der Waals surface area contributed by atoms with E-state index in [-0.39, 0.29) is 10.6 Å². The maximum absolute atomic E-state index is 11.1. The Morgan fingerprint density at radius 2 is 2.28 bits per heavy atom. The van der Waals surface area contributed by atoms with Crippen molar-refractivity contribution < 1.29 is 4.92 Å². The summed E-state index contributed by atoms with van der Waals surface area (Å²) in [7, 11) is 0. The van der Waals surface area contributed by atoms with Crippen LogP contribution >= 0.6 is 15.9 Å². The first kappa shape index (κ1) is 13.3. The van der Waals surface area contributed by atoms with Gasteiger partial charge in [-0.15, -0.1) is 0 Å². The molecule has 1 unspecified atom stereocenters. The predicted molar refractivity (Wildman–Crippen MR) is 73.8 cm³/mol. The zero-order valence-corrected chi connectivity index (χ0v) is 11.9. The monoisotopic (exact) mass is 313 g/mol. The summed E-state index contributed by atoms with van der Waals surface area (Å²) in [5.41, 5.74) is 0.0823. The summed E-state index contributed by atoms with van der Waals surface area (Å²) in [4.78, 5) is 17.0. The second-order valence-electron chi connectivity index (χ2n) is 4.78. The van der Waals surface area contributed by atoms with Crippen molar-refractivity contribution in [3.8, 4) is 0 Å². The molecular formula is C12H16BrN3O2. The van der Waals surface area contributed by atoms with Gasteiger partial charge in [0.1, 0.15) is 0 Å². The van der Waals surface area contributed by atoms with Crippen LogP contribution in [0, 0.1) is 16.0 Å². The Balaban J connectivity index is 2.29. The fraction of sp³-hybridized carbons (Fsp3) is 0.583. The number of aromatic nitrogens is 1. The van der Waals surface area contributed by atoms with Gasteiger partial charge in [0.25, 0.3) is 0 Å². The number of anilines is 1. The average Bonchev–Trinajstić information content (AvgIpc) is 2.54. The molecule has 1 atom stereocenters. The van der Waals surface area contributed by atoms with Gasteiger partial charge >= 0.3 is 5.69 Å². The molecule has 6 heteroatoms. The van der Waals surface area contributed by atoms with Crippen LogP contribution in [-0.4, -0.2) is 23.0 Å². The van der Waals surface area contributed by atoms with Crippen molar-refractivity contribution >= 4 is 27.4 Å². The molecule has 18 heavy (non-hydrogen) atoms. The fourth-order valence-corrected chi connectivity index (χ4v) is 2.59. The highest BCUT2D eigenvalue weighted by Crippen LogP contribution is 2.30. The lowest BCUT2D eigenvalue weighted by atomic mass is 10.0. The van der Waals surface area contributed by atoms with E-state index < -0.39 is 0 Å². The van der Waals surface area contributed by atoms with Gasteiger partial charge < -0.3 is 4.90 Å². The van der Waals surface area contributed by atoms with E-state index in [0.29, 0.717) is 16.2 Å². The van der Waals surface area contributed by atoms with Gasteiger partial charge in [-0.05, 0) is 41.1 Å². The van der Waals surface area contributed by atoms with Crippen molar-refractivity contribution in [3.63, 3.8) is 0 Å². The van der Waals surface area contributed by atoms with Crippen molar-refractivity contribution in [2.24, 2.45) is 5.92 Å². The van der Waals surface area contributed by atoms with Gasteiger partial charge in [-0.2, -0.15) is 0 Å². The smallest absolute Gasteiger partial charge is 0.312 e. The Morgan fingerprint density at radius 1 is 1.50 bits per heavy atom. The number of hydrogen-bond acceptors (Lipinski definition) is 4. The summed E-state index contributed by atoms with van der Waals surface area (Å²) in [5.74, 6) is 1.18. The molecule has 1 aliphatic rings. The Bertz CT molecular complexity index is 453. The third-order valence-electron chi connectivity index (χ3n) is 3.33. The van der Waals surface area contributed by atoms with Crippen LogP contribution in [0.2, 0.25) is 0 Å². The van der Waals surface area contributed by atoms with Crippen LogP contribution in [0.15, 0.2) is 16.7 Å². The number of rotatable bonds is 2. The second-order valence-corrected chi connectivity index (χ2v) is 5.69. The third kappa shape index (κ3) is 2.98. The molecule has 1 aliphatic heterocycles. The van der Waals surface area contributed by atoms with Gasteiger partial charge in [0.05, 0.1) is 4.92 Å². The number of pyridine rings is 1. The maximum atomic E-state index is 11.1. The standard InChI is InChI=1S/C12H16BrN3O2/c1-9-3-2-5-15(6-4-9)12-11(16(17)18)7-10(13)8-14-12/h7-9H,2-6H2,1H3. The summed E-state index contributed by atoms with van der Waals surface area (Å²) >= 11 is 3.23. The highest BCUT2D eigenvalue weighted by Gasteiger charge is 2.23. The van der Waals surface area contributed by atoms with Gasteiger partial charge in [0.2, 0.25) is 5.82 Å². The summed E-state index contributed by atoms with van der Waals surface area (Å²) in [6.45, 7) is 3.92. The molecule has 0 radical (unpaired) electrons. The molecule has 0 N–H and O–H groups in total. The minimum atomic E-state index is -0.360. The molecule has 1 saturated heterocycles. The highest BCUT2D eigenvalue weighted by molar-refractivity contribution is 9.10. The molecular weight excluding hydrogens is 298 g/mol. The Kier molecular flexibility index (Phi) is 4.16. The first-order valence-corrected chi connectivity index (χ1v) is 6.92. The van der Waals surface area contributed by atoms with Crippen molar-refractivity contribution in [1.82, 2.24) is 4.98 Å².